The summed E-state index contributed by atoms with van der Waals surface area (Å²) in [4.78, 5) is 11.9. The fraction of sp³-hybridized carbons (Fsp3) is 0.368. The fourth-order valence-corrected chi connectivity index (χ4v) is 7.30. The third kappa shape index (κ3) is 3.17. The number of nitrogens with two attached hydrogens (primary N) is 1. The lowest BCUT2D eigenvalue weighted by molar-refractivity contribution is 0.404. The van der Waals surface area contributed by atoms with Crippen molar-refractivity contribution in [1.82, 2.24) is 0 Å². The van der Waals surface area contributed by atoms with Crippen LogP contribution >= 0.6 is 0 Å². The Morgan fingerprint density at radius 1 is 0.955 bits per heavy atom. The van der Waals surface area contributed by atoms with Crippen LogP contribution in [-0.4, -0.2) is 19.7 Å². The average Bonchev–Trinajstić information content (AvgIpc) is 2.55. The van der Waals surface area contributed by atoms with E-state index >= 15 is 0 Å². The average molecular weight is 314 g/mol. The molecular weight excluding hydrogens is 286 g/mol. The van der Waals surface area contributed by atoms with Crippen LogP contribution in [-0.2, 0) is 0 Å². The summed E-state index contributed by atoms with van der Waals surface area (Å²) in [5, 5.41) is 1.93. The topological polar surface area (TPSA) is 46.2 Å². The van der Waals surface area contributed by atoms with Crippen molar-refractivity contribution in [2.75, 3.05) is 6.54 Å². The van der Waals surface area contributed by atoms with Crippen LogP contribution in [0, 0.1) is 5.92 Å². The number of benzene rings is 2. The van der Waals surface area contributed by atoms with E-state index in [0.717, 1.165) is 16.8 Å². The van der Waals surface area contributed by atoms with Gasteiger partial charge in [-0.1, -0.05) is 81.4 Å². The maximum absolute atomic E-state index is 11.9. The minimum absolute atomic E-state index is 0.200. The first-order valence-corrected chi connectivity index (χ1v) is 9.90. The smallest absolute Gasteiger partial charge is 0.258 e. The second-order valence-electron chi connectivity index (χ2n) is 6.87. The number of rotatable bonds is 6. The van der Waals surface area contributed by atoms with Gasteiger partial charge in [-0.05, 0) is 34.3 Å². The van der Waals surface area contributed by atoms with Crippen molar-refractivity contribution in [3.8, 4) is 0 Å². The summed E-state index contributed by atoms with van der Waals surface area (Å²) in [5.74, 6) is 0.390. The molecule has 0 aliphatic rings. The molecule has 2 nitrogen and oxygen atoms in total. The normalized spacial score (nSPS) is 13.9. The molecule has 0 saturated carbocycles. The molecule has 0 heterocycles. The summed E-state index contributed by atoms with van der Waals surface area (Å²) in [7, 11) is -2.86. The molecule has 3 N–H and O–H groups in total. The van der Waals surface area contributed by atoms with Crippen LogP contribution in [0.3, 0.4) is 0 Å². The molecule has 0 unspecified atom stereocenters. The zero-order valence-electron chi connectivity index (χ0n) is 13.8. The summed E-state index contributed by atoms with van der Waals surface area (Å²) in [6, 6.07) is 20.3. The molecule has 0 aliphatic carbocycles. The molecule has 2 aromatic rings. The summed E-state index contributed by atoms with van der Waals surface area (Å²) in [5.41, 5.74) is 5.83. The second kappa shape index (κ2) is 6.78. The molecule has 22 heavy (non-hydrogen) atoms. The molecule has 1 atom stereocenters. The minimum atomic E-state index is -2.86. The van der Waals surface area contributed by atoms with E-state index in [1.54, 1.807) is 0 Å². The Labute approximate surface area is 135 Å². The van der Waals surface area contributed by atoms with Crippen LogP contribution in [0.4, 0.5) is 0 Å². The highest BCUT2D eigenvalue weighted by Crippen LogP contribution is 2.40. The maximum atomic E-state index is 11.9. The molecule has 0 aliphatic heterocycles. The van der Waals surface area contributed by atoms with Crippen molar-refractivity contribution < 1.29 is 4.80 Å². The van der Waals surface area contributed by atoms with Gasteiger partial charge in [-0.15, -0.1) is 0 Å². The standard InChI is InChI=1S/C19H27NOSi/c1-16(15-20)14-19(2,3)22(21,17-10-6-4-7-11-17)18-12-8-5-9-13-18/h4-13,16,21H,14-15,20H2,1-3H3/t16-/m0/s1. The third-order valence-corrected chi connectivity index (χ3v) is 9.12. The van der Waals surface area contributed by atoms with Gasteiger partial charge in [-0.25, -0.2) is 0 Å². The van der Waals surface area contributed by atoms with E-state index in [-0.39, 0.29) is 5.04 Å². The van der Waals surface area contributed by atoms with E-state index in [1.165, 1.54) is 0 Å². The Balaban J connectivity index is 2.56. The minimum Gasteiger partial charge on any atom is -0.424 e. The Kier molecular flexibility index (Phi) is 5.22. The van der Waals surface area contributed by atoms with Gasteiger partial charge in [-0.3, -0.25) is 0 Å². The van der Waals surface area contributed by atoms with Crippen molar-refractivity contribution in [3.63, 3.8) is 0 Å². The Morgan fingerprint density at radius 2 is 1.36 bits per heavy atom. The van der Waals surface area contributed by atoms with Gasteiger partial charge in [0.05, 0.1) is 0 Å². The quantitative estimate of drug-likeness (QED) is 0.805. The zero-order valence-corrected chi connectivity index (χ0v) is 14.8. The molecule has 118 valence electrons. The number of hydrogen-bond acceptors (Lipinski definition) is 2. The monoisotopic (exact) mass is 313 g/mol. The summed E-state index contributed by atoms with van der Waals surface area (Å²) < 4.78 is 0. The largest absolute Gasteiger partial charge is 0.424 e. The molecule has 2 rings (SSSR count). The first-order chi connectivity index (χ1) is 10.4. The zero-order chi connectivity index (χ0) is 16.2. The highest BCUT2D eigenvalue weighted by molar-refractivity contribution is 6.98. The molecule has 2 aromatic carbocycles. The van der Waals surface area contributed by atoms with Gasteiger partial charge in [0, 0.05) is 0 Å². The number of hydrogen-bond donors (Lipinski definition) is 2. The lowest BCUT2D eigenvalue weighted by Gasteiger charge is -2.42. The fourth-order valence-electron chi connectivity index (χ4n) is 3.41. The van der Waals surface area contributed by atoms with E-state index < -0.39 is 8.32 Å². The molecule has 3 heteroatoms. The predicted molar refractivity (Wildman–Crippen MR) is 97.0 cm³/mol. The Morgan fingerprint density at radius 3 is 1.73 bits per heavy atom. The SMILES string of the molecule is C[C@H](CN)CC(C)(C)[Si](O)(c1ccccc1)c1ccccc1. The van der Waals surface area contributed by atoms with Gasteiger partial charge in [0.1, 0.15) is 0 Å². The molecule has 0 aromatic heterocycles. The first-order valence-electron chi connectivity index (χ1n) is 7.95. The molecule has 0 fully saturated rings. The van der Waals surface area contributed by atoms with Crippen LogP contribution in [0.2, 0.25) is 5.04 Å². The van der Waals surface area contributed by atoms with Gasteiger partial charge >= 0.3 is 0 Å². The molecule has 0 bridgehead atoms. The third-order valence-electron chi connectivity index (χ3n) is 4.62. The molecule has 0 amide bonds. The van der Waals surface area contributed by atoms with Gasteiger partial charge in [0.15, 0.2) is 0 Å². The molecule has 0 spiro atoms. The van der Waals surface area contributed by atoms with Crippen LogP contribution < -0.4 is 16.1 Å². The molecule has 0 saturated heterocycles. The van der Waals surface area contributed by atoms with Crippen LogP contribution in [0.15, 0.2) is 60.7 Å². The van der Waals surface area contributed by atoms with Gasteiger partial charge in [-0.2, -0.15) is 0 Å². The highest BCUT2D eigenvalue weighted by atomic mass is 28.4. The van der Waals surface area contributed by atoms with E-state index in [0.29, 0.717) is 12.5 Å². The molecular formula is C19H27NOSi. The predicted octanol–water partition coefficient (Wildman–Crippen LogP) is 2.50. The van der Waals surface area contributed by atoms with E-state index in [1.807, 2.05) is 36.4 Å². The highest BCUT2D eigenvalue weighted by Gasteiger charge is 2.50. The lowest BCUT2D eigenvalue weighted by atomic mass is 9.98. The van der Waals surface area contributed by atoms with Crippen molar-refractivity contribution in [2.45, 2.75) is 32.2 Å². The Bertz CT molecular complexity index is 543. The maximum Gasteiger partial charge on any atom is 0.258 e. The van der Waals surface area contributed by atoms with Crippen LogP contribution in [0.25, 0.3) is 0 Å². The van der Waals surface area contributed by atoms with Gasteiger partial charge < -0.3 is 10.5 Å². The van der Waals surface area contributed by atoms with Crippen LogP contribution in [0.5, 0.6) is 0 Å². The van der Waals surface area contributed by atoms with Crippen molar-refractivity contribution >= 4 is 18.7 Å². The van der Waals surface area contributed by atoms with Gasteiger partial charge in [0.25, 0.3) is 8.32 Å². The Hall–Kier alpha value is -1.42. The summed E-state index contributed by atoms with van der Waals surface area (Å²) in [6.45, 7) is 7.18. The van der Waals surface area contributed by atoms with E-state index in [4.69, 9.17) is 5.73 Å². The van der Waals surface area contributed by atoms with Crippen molar-refractivity contribution in [2.24, 2.45) is 11.7 Å². The molecule has 0 radical (unpaired) electrons. The summed E-state index contributed by atoms with van der Waals surface area (Å²) >= 11 is 0. The first kappa shape index (κ1) is 16.9. The second-order valence-corrected chi connectivity index (χ2v) is 10.8. The van der Waals surface area contributed by atoms with E-state index in [9.17, 15) is 4.80 Å². The van der Waals surface area contributed by atoms with Gasteiger partial charge in [0.2, 0.25) is 0 Å². The summed E-state index contributed by atoms with van der Waals surface area (Å²) in [6.07, 6.45) is 0.913. The van der Waals surface area contributed by atoms with Crippen molar-refractivity contribution in [1.29, 1.82) is 0 Å². The van der Waals surface area contributed by atoms with E-state index in [2.05, 4.69) is 45.0 Å². The van der Waals surface area contributed by atoms with Crippen LogP contribution in [0.1, 0.15) is 27.2 Å². The van der Waals surface area contributed by atoms with Crippen molar-refractivity contribution in [3.05, 3.63) is 60.7 Å². The lowest BCUT2D eigenvalue weighted by Crippen LogP contribution is -2.65.